The highest BCUT2D eigenvalue weighted by molar-refractivity contribution is 5.84. The van der Waals surface area contributed by atoms with Crippen molar-refractivity contribution in [2.75, 3.05) is 7.11 Å². The zero-order valence-corrected chi connectivity index (χ0v) is 20.4. The second-order valence-electron chi connectivity index (χ2n) is 10.3. The Balaban J connectivity index is 1.48. The van der Waals surface area contributed by atoms with Crippen LogP contribution >= 0.6 is 0 Å². The summed E-state index contributed by atoms with van der Waals surface area (Å²) in [6.45, 7) is 3.28. The fourth-order valence-electron chi connectivity index (χ4n) is 6.71. The Labute approximate surface area is 207 Å². The predicted octanol–water partition coefficient (Wildman–Crippen LogP) is 1.63. The van der Waals surface area contributed by atoms with Crippen molar-refractivity contribution in [1.29, 1.82) is 0 Å². The van der Waals surface area contributed by atoms with Crippen LogP contribution in [0.4, 0.5) is 0 Å². The second kappa shape index (κ2) is 8.48. The molecule has 1 spiro atoms. The first-order valence-corrected chi connectivity index (χ1v) is 12.1. The molecule has 3 aliphatic carbocycles. The molecule has 1 saturated carbocycles. The Hall–Kier alpha value is -3.11. The Morgan fingerprint density at radius 3 is 2.69 bits per heavy atom. The molecule has 194 valence electrons. The highest BCUT2D eigenvalue weighted by Crippen LogP contribution is 2.68. The van der Waals surface area contributed by atoms with Crippen LogP contribution in [0.15, 0.2) is 24.0 Å². The molecular formula is C26H30O10. The number of aliphatic hydroxyl groups is 2. The minimum Gasteiger partial charge on any atom is -0.493 e. The maximum absolute atomic E-state index is 12.8. The Morgan fingerprint density at radius 1 is 1.28 bits per heavy atom. The van der Waals surface area contributed by atoms with E-state index in [1.54, 1.807) is 13.2 Å². The first-order valence-electron chi connectivity index (χ1n) is 12.1. The molecule has 36 heavy (non-hydrogen) atoms. The fraction of sp³-hybridized carbons (Fsp3) is 0.577. The first-order chi connectivity index (χ1) is 17.0. The number of carbonyl (C=O) groups is 3. The largest absolute Gasteiger partial charge is 0.493 e. The molecule has 0 radical (unpaired) electrons. The number of methoxy groups -OCH3 is 1. The second-order valence-corrected chi connectivity index (χ2v) is 10.3. The van der Waals surface area contributed by atoms with Gasteiger partial charge in [0.2, 0.25) is 6.10 Å². The average molecular weight is 503 g/mol. The fourth-order valence-corrected chi connectivity index (χ4v) is 6.71. The maximum atomic E-state index is 12.8. The van der Waals surface area contributed by atoms with Gasteiger partial charge in [-0.1, -0.05) is 13.0 Å². The van der Waals surface area contributed by atoms with Gasteiger partial charge in [0.15, 0.2) is 17.6 Å². The summed E-state index contributed by atoms with van der Waals surface area (Å²) in [6, 6.07) is 3.85. The van der Waals surface area contributed by atoms with E-state index >= 15 is 0 Å². The van der Waals surface area contributed by atoms with Crippen LogP contribution in [0.1, 0.15) is 50.7 Å². The van der Waals surface area contributed by atoms with Gasteiger partial charge in [-0.05, 0) is 62.1 Å². The molecule has 1 fully saturated rings. The minimum atomic E-state index is -1.82. The molecule has 10 heteroatoms. The van der Waals surface area contributed by atoms with Crippen LogP contribution in [0.3, 0.4) is 0 Å². The Bertz CT molecular complexity index is 1160. The lowest BCUT2D eigenvalue weighted by atomic mass is 9.45. The van der Waals surface area contributed by atoms with Gasteiger partial charge in [0.05, 0.1) is 24.5 Å². The van der Waals surface area contributed by atoms with Crippen molar-refractivity contribution in [2.45, 2.75) is 75.3 Å². The van der Waals surface area contributed by atoms with Crippen LogP contribution in [-0.2, 0) is 35.7 Å². The van der Waals surface area contributed by atoms with E-state index in [4.69, 9.17) is 18.9 Å². The van der Waals surface area contributed by atoms with Crippen LogP contribution in [0.5, 0.6) is 11.5 Å². The Kier molecular flexibility index (Phi) is 5.79. The number of ether oxygens (including phenoxy) is 4. The quantitative estimate of drug-likeness (QED) is 0.470. The smallest absolute Gasteiger partial charge is 0.345 e. The van der Waals surface area contributed by atoms with Crippen molar-refractivity contribution in [2.24, 2.45) is 11.8 Å². The van der Waals surface area contributed by atoms with Gasteiger partial charge in [-0.3, -0.25) is 4.79 Å². The minimum absolute atomic E-state index is 0.00558. The van der Waals surface area contributed by atoms with Gasteiger partial charge >= 0.3 is 17.9 Å². The lowest BCUT2D eigenvalue weighted by molar-refractivity contribution is -0.176. The average Bonchev–Trinajstić information content (AvgIpc) is 3.18. The van der Waals surface area contributed by atoms with E-state index in [9.17, 15) is 29.7 Å². The van der Waals surface area contributed by atoms with E-state index in [1.807, 2.05) is 12.1 Å². The van der Waals surface area contributed by atoms with Crippen molar-refractivity contribution in [3.8, 4) is 11.5 Å². The number of carbonyl (C=O) groups excluding carboxylic acids is 2. The number of benzene rings is 1. The van der Waals surface area contributed by atoms with E-state index in [0.717, 1.165) is 24.5 Å². The van der Waals surface area contributed by atoms with E-state index < -0.39 is 53.7 Å². The number of hydrogen-bond acceptors (Lipinski definition) is 9. The summed E-state index contributed by atoms with van der Waals surface area (Å²) in [5, 5.41) is 30.9. The molecule has 4 aliphatic rings. The topological polar surface area (TPSA) is 149 Å². The van der Waals surface area contributed by atoms with Gasteiger partial charge in [0, 0.05) is 5.56 Å². The molecule has 10 nitrogen and oxygen atoms in total. The number of aliphatic hydroxyl groups excluding tert-OH is 1. The van der Waals surface area contributed by atoms with Gasteiger partial charge in [0.25, 0.3) is 0 Å². The monoisotopic (exact) mass is 502 g/mol. The van der Waals surface area contributed by atoms with Gasteiger partial charge < -0.3 is 34.3 Å². The van der Waals surface area contributed by atoms with Gasteiger partial charge in [-0.15, -0.1) is 0 Å². The number of esters is 2. The first kappa shape index (κ1) is 24.6. The summed E-state index contributed by atoms with van der Waals surface area (Å²) in [5.41, 5.74) is 0.0370. The predicted molar refractivity (Wildman–Crippen MR) is 122 cm³/mol. The lowest BCUT2D eigenvalue weighted by Gasteiger charge is -2.61. The third-order valence-electron chi connectivity index (χ3n) is 8.40. The van der Waals surface area contributed by atoms with Crippen LogP contribution in [0.2, 0.25) is 0 Å². The molecule has 0 amide bonds. The van der Waals surface area contributed by atoms with E-state index in [0.29, 0.717) is 24.3 Å². The summed E-state index contributed by atoms with van der Waals surface area (Å²) in [4.78, 5) is 36.0. The summed E-state index contributed by atoms with van der Waals surface area (Å²) >= 11 is 0. The standard InChI is InChI=1S/C26H30O10/c1-12-6-8-25-20-14-4-5-16(33-3)21(20)36-22(25)17(7-9-26(25,32)15(12)10-14)34-19(28)11-18(23(29)30)35-24(31)13(2)27/h4-5,7,12-13,15,18,22,27,32H,6,8-11H2,1-3H3,(H,29,30)/t12?,13-,15-,18-,22-,25-,26+/m0/s1. The third kappa shape index (κ3) is 3.34. The van der Waals surface area contributed by atoms with Crippen molar-refractivity contribution < 1.29 is 48.7 Å². The highest BCUT2D eigenvalue weighted by atomic mass is 16.6. The molecule has 2 bridgehead atoms. The summed E-state index contributed by atoms with van der Waals surface area (Å²) in [6.07, 6.45) is -0.824. The van der Waals surface area contributed by atoms with E-state index in [2.05, 4.69) is 6.92 Å². The molecule has 1 unspecified atom stereocenters. The van der Waals surface area contributed by atoms with Gasteiger partial charge in [0.1, 0.15) is 11.9 Å². The maximum Gasteiger partial charge on any atom is 0.345 e. The highest BCUT2D eigenvalue weighted by Gasteiger charge is 2.72. The van der Waals surface area contributed by atoms with Crippen LogP contribution in [-0.4, -0.2) is 64.3 Å². The van der Waals surface area contributed by atoms with Crippen LogP contribution in [0.25, 0.3) is 0 Å². The molecule has 3 N–H and O–H groups in total. The molecule has 1 aromatic rings. The molecule has 1 aromatic carbocycles. The summed E-state index contributed by atoms with van der Waals surface area (Å²) < 4.78 is 22.3. The van der Waals surface area contributed by atoms with E-state index in [1.165, 1.54) is 0 Å². The van der Waals surface area contributed by atoms with Gasteiger partial charge in [-0.2, -0.15) is 0 Å². The normalized spacial score (nSPS) is 32.8. The number of hydrogen-bond donors (Lipinski definition) is 3. The SMILES string of the molecule is COc1ccc2c3c1O[C@H]1C(OC(=O)C[C@H](OC(=O)[C@H](C)O)C(=O)O)=CC[C@@]4(O)[C@@H](C2)C(C)CC[C@]314. The molecule has 0 aromatic heterocycles. The number of carboxylic acid groups (broad SMARTS) is 1. The Morgan fingerprint density at radius 2 is 2.03 bits per heavy atom. The van der Waals surface area contributed by atoms with Crippen molar-refractivity contribution in [3.63, 3.8) is 0 Å². The number of rotatable bonds is 7. The molecule has 0 saturated heterocycles. The molecule has 7 atom stereocenters. The van der Waals surface area contributed by atoms with Crippen LogP contribution < -0.4 is 9.47 Å². The molecule has 1 heterocycles. The van der Waals surface area contributed by atoms with Gasteiger partial charge in [-0.25, -0.2) is 9.59 Å². The van der Waals surface area contributed by atoms with Crippen LogP contribution in [0, 0.1) is 11.8 Å². The molecular weight excluding hydrogens is 472 g/mol. The third-order valence-corrected chi connectivity index (χ3v) is 8.40. The molecule has 1 aliphatic heterocycles. The zero-order valence-electron chi connectivity index (χ0n) is 20.4. The van der Waals surface area contributed by atoms with Crippen molar-refractivity contribution >= 4 is 17.9 Å². The number of carboxylic acids is 1. The molecule has 5 rings (SSSR count). The zero-order chi connectivity index (χ0) is 26.0. The van der Waals surface area contributed by atoms with E-state index in [-0.39, 0.29) is 24.0 Å². The van der Waals surface area contributed by atoms with Crippen molar-refractivity contribution in [1.82, 2.24) is 0 Å². The summed E-state index contributed by atoms with van der Waals surface area (Å²) in [7, 11) is 1.54. The lowest BCUT2D eigenvalue weighted by Crippen LogP contribution is -2.69. The summed E-state index contributed by atoms with van der Waals surface area (Å²) in [5.74, 6) is -2.10. The number of aliphatic carboxylic acids is 1. The van der Waals surface area contributed by atoms with Crippen molar-refractivity contribution in [3.05, 3.63) is 35.1 Å².